The highest BCUT2D eigenvalue weighted by atomic mass is 15.3. The second-order valence-electron chi connectivity index (χ2n) is 7.71. The zero-order valence-electron chi connectivity index (χ0n) is 16.5. The summed E-state index contributed by atoms with van der Waals surface area (Å²) >= 11 is 0. The van der Waals surface area contributed by atoms with Gasteiger partial charge in [-0.05, 0) is 68.4 Å². The Kier molecular flexibility index (Phi) is 5.43. The molecule has 1 aromatic carbocycles. The molecule has 148 valence electrons. The fourth-order valence-corrected chi connectivity index (χ4v) is 3.97. The molecule has 3 N–H and O–H groups in total. The van der Waals surface area contributed by atoms with E-state index >= 15 is 0 Å². The quantitative estimate of drug-likeness (QED) is 0.598. The predicted molar refractivity (Wildman–Crippen MR) is 113 cm³/mol. The molecule has 0 aliphatic heterocycles. The summed E-state index contributed by atoms with van der Waals surface area (Å²) in [7, 11) is 0. The molecular formula is C22H25N7. The number of nitrogens with zero attached hydrogens (tertiary/aromatic N) is 5. The largest absolute Gasteiger partial charge is 0.399 e. The Morgan fingerprint density at radius 3 is 2.86 bits per heavy atom. The van der Waals surface area contributed by atoms with Gasteiger partial charge >= 0.3 is 0 Å². The summed E-state index contributed by atoms with van der Waals surface area (Å²) in [4.78, 5) is 9.11. The molecule has 2 unspecified atom stereocenters. The average molecular weight is 387 g/mol. The van der Waals surface area contributed by atoms with Gasteiger partial charge < -0.3 is 11.1 Å². The van der Waals surface area contributed by atoms with Gasteiger partial charge in [0.05, 0.1) is 24.0 Å². The van der Waals surface area contributed by atoms with Crippen molar-refractivity contribution in [1.82, 2.24) is 19.7 Å². The molecule has 0 amide bonds. The van der Waals surface area contributed by atoms with E-state index in [1.165, 1.54) is 6.42 Å². The molecule has 4 rings (SSSR count). The summed E-state index contributed by atoms with van der Waals surface area (Å²) in [5.74, 6) is 1.17. The highest BCUT2D eigenvalue weighted by Crippen LogP contribution is 2.37. The van der Waals surface area contributed by atoms with Gasteiger partial charge in [0.1, 0.15) is 0 Å². The van der Waals surface area contributed by atoms with E-state index in [2.05, 4.69) is 32.3 Å². The monoisotopic (exact) mass is 387 g/mol. The maximum Gasteiger partial charge on any atom is 0.227 e. The van der Waals surface area contributed by atoms with Crippen molar-refractivity contribution in [2.24, 2.45) is 5.92 Å². The molecule has 3 aromatic rings. The second-order valence-corrected chi connectivity index (χ2v) is 7.71. The third-order valence-corrected chi connectivity index (χ3v) is 5.57. The van der Waals surface area contributed by atoms with Crippen LogP contribution in [-0.4, -0.2) is 19.7 Å². The molecule has 29 heavy (non-hydrogen) atoms. The lowest BCUT2D eigenvalue weighted by Crippen LogP contribution is -2.06. The lowest BCUT2D eigenvalue weighted by molar-refractivity contribution is 0.430. The molecule has 7 nitrogen and oxygen atoms in total. The van der Waals surface area contributed by atoms with E-state index in [-0.39, 0.29) is 0 Å². The van der Waals surface area contributed by atoms with Crippen LogP contribution >= 0.6 is 0 Å². The number of rotatable bonds is 6. The standard InChI is InChI=1S/C22H25N7/c1-15-12-25-22(27-19-7-5-18(24)6-8-19)28-21(15)17-13-26-29(14-17)20-9-4-16(11-20)3-2-10-23/h5-8,12-14,16,20H,2-4,9,11,24H2,1H3,(H,25,27,28). The van der Waals surface area contributed by atoms with Crippen LogP contribution in [0.5, 0.6) is 0 Å². The summed E-state index contributed by atoms with van der Waals surface area (Å²) in [6.45, 7) is 2.01. The summed E-state index contributed by atoms with van der Waals surface area (Å²) in [6, 6.07) is 10.1. The topological polar surface area (TPSA) is 105 Å². The fraction of sp³-hybridized carbons (Fsp3) is 0.364. The first-order valence-corrected chi connectivity index (χ1v) is 10.00. The van der Waals surface area contributed by atoms with E-state index in [0.717, 1.165) is 47.5 Å². The summed E-state index contributed by atoms with van der Waals surface area (Å²) in [6.07, 6.45) is 10.8. The van der Waals surface area contributed by atoms with Gasteiger partial charge in [-0.1, -0.05) is 0 Å². The van der Waals surface area contributed by atoms with Gasteiger partial charge in [-0.2, -0.15) is 10.4 Å². The first-order valence-electron chi connectivity index (χ1n) is 10.00. The van der Waals surface area contributed by atoms with Crippen molar-refractivity contribution in [1.29, 1.82) is 5.26 Å². The van der Waals surface area contributed by atoms with Gasteiger partial charge in [-0.15, -0.1) is 0 Å². The molecule has 7 heteroatoms. The number of nitrogens with one attached hydrogen (secondary N) is 1. The fourth-order valence-electron chi connectivity index (χ4n) is 3.97. The van der Waals surface area contributed by atoms with Crippen molar-refractivity contribution in [3.63, 3.8) is 0 Å². The third kappa shape index (κ3) is 4.37. The minimum atomic E-state index is 0.405. The number of aromatic nitrogens is 4. The Bertz CT molecular complexity index is 1020. The van der Waals surface area contributed by atoms with Crippen LogP contribution in [0.1, 0.15) is 43.7 Å². The molecule has 0 saturated heterocycles. The zero-order valence-corrected chi connectivity index (χ0v) is 16.5. The van der Waals surface area contributed by atoms with Crippen LogP contribution in [0.4, 0.5) is 17.3 Å². The SMILES string of the molecule is Cc1cnc(Nc2ccc(N)cc2)nc1-c1cnn(C2CCC(CCC#N)C2)c1. The van der Waals surface area contributed by atoms with Crippen LogP contribution in [0.15, 0.2) is 42.9 Å². The summed E-state index contributed by atoms with van der Waals surface area (Å²) in [5, 5.41) is 16.6. The van der Waals surface area contributed by atoms with Crippen molar-refractivity contribution < 1.29 is 0 Å². The van der Waals surface area contributed by atoms with Crippen molar-refractivity contribution in [2.75, 3.05) is 11.1 Å². The zero-order chi connectivity index (χ0) is 20.2. The average Bonchev–Trinajstić information content (AvgIpc) is 3.39. The minimum Gasteiger partial charge on any atom is -0.399 e. The number of benzene rings is 1. The van der Waals surface area contributed by atoms with Crippen LogP contribution in [0.25, 0.3) is 11.3 Å². The molecule has 0 radical (unpaired) electrons. The molecule has 1 saturated carbocycles. The Morgan fingerprint density at radius 1 is 1.24 bits per heavy atom. The van der Waals surface area contributed by atoms with E-state index in [0.29, 0.717) is 24.3 Å². The van der Waals surface area contributed by atoms with Gasteiger partial charge in [-0.3, -0.25) is 4.68 Å². The highest BCUT2D eigenvalue weighted by molar-refractivity contribution is 5.64. The number of hydrogen-bond donors (Lipinski definition) is 2. The van der Waals surface area contributed by atoms with Gasteiger partial charge in [0, 0.05) is 35.8 Å². The molecule has 0 spiro atoms. The van der Waals surface area contributed by atoms with Crippen LogP contribution in [0.2, 0.25) is 0 Å². The van der Waals surface area contributed by atoms with E-state index in [4.69, 9.17) is 16.0 Å². The Hall–Kier alpha value is -3.40. The third-order valence-electron chi connectivity index (χ3n) is 5.57. The van der Waals surface area contributed by atoms with Crippen molar-refractivity contribution >= 4 is 17.3 Å². The van der Waals surface area contributed by atoms with Crippen LogP contribution in [0, 0.1) is 24.2 Å². The van der Waals surface area contributed by atoms with Crippen LogP contribution in [-0.2, 0) is 0 Å². The van der Waals surface area contributed by atoms with Gasteiger partial charge in [-0.25, -0.2) is 9.97 Å². The predicted octanol–water partition coefficient (Wildman–Crippen LogP) is 4.62. The molecule has 1 aliphatic carbocycles. The molecule has 2 atom stereocenters. The van der Waals surface area contributed by atoms with E-state index in [1.807, 2.05) is 43.6 Å². The number of hydrogen-bond acceptors (Lipinski definition) is 6. The minimum absolute atomic E-state index is 0.405. The van der Waals surface area contributed by atoms with Gasteiger partial charge in [0.15, 0.2) is 0 Å². The summed E-state index contributed by atoms with van der Waals surface area (Å²) in [5.41, 5.74) is 10.2. The normalized spacial score (nSPS) is 18.5. The number of nitrogen functional groups attached to an aromatic ring is 1. The Labute approximate surface area is 170 Å². The lowest BCUT2D eigenvalue weighted by Gasteiger charge is -2.11. The first kappa shape index (κ1) is 18.9. The van der Waals surface area contributed by atoms with E-state index in [9.17, 15) is 0 Å². The van der Waals surface area contributed by atoms with Crippen molar-refractivity contribution in [3.05, 3.63) is 48.4 Å². The smallest absolute Gasteiger partial charge is 0.227 e. The van der Waals surface area contributed by atoms with Gasteiger partial charge in [0.2, 0.25) is 5.95 Å². The Balaban J connectivity index is 1.50. The van der Waals surface area contributed by atoms with Crippen LogP contribution < -0.4 is 11.1 Å². The maximum absolute atomic E-state index is 8.80. The number of aryl methyl sites for hydroxylation is 1. The molecule has 0 bridgehead atoms. The molecule has 1 fully saturated rings. The highest BCUT2D eigenvalue weighted by Gasteiger charge is 2.26. The van der Waals surface area contributed by atoms with Crippen LogP contribution in [0.3, 0.4) is 0 Å². The lowest BCUT2D eigenvalue weighted by atomic mass is 10.0. The Morgan fingerprint density at radius 2 is 2.07 bits per heavy atom. The molecule has 2 aromatic heterocycles. The number of nitriles is 1. The van der Waals surface area contributed by atoms with Gasteiger partial charge in [0.25, 0.3) is 0 Å². The maximum atomic E-state index is 8.80. The molecular weight excluding hydrogens is 362 g/mol. The summed E-state index contributed by atoms with van der Waals surface area (Å²) < 4.78 is 2.07. The van der Waals surface area contributed by atoms with E-state index in [1.54, 1.807) is 0 Å². The first-order chi connectivity index (χ1) is 14.1. The molecule has 2 heterocycles. The molecule has 1 aliphatic rings. The number of anilines is 3. The second kappa shape index (κ2) is 8.31. The van der Waals surface area contributed by atoms with Crippen molar-refractivity contribution in [3.8, 4) is 17.3 Å². The number of nitrogens with two attached hydrogens (primary N) is 1. The van der Waals surface area contributed by atoms with E-state index < -0.39 is 0 Å². The van der Waals surface area contributed by atoms with Crippen molar-refractivity contribution in [2.45, 2.75) is 45.1 Å².